The highest BCUT2D eigenvalue weighted by Crippen LogP contribution is 2.22. The number of carbonyl (C=O) groups excluding carboxylic acids is 1. The van der Waals surface area contributed by atoms with Gasteiger partial charge in [-0.05, 0) is 35.4 Å². The van der Waals surface area contributed by atoms with E-state index in [2.05, 4.69) is 35.0 Å². The van der Waals surface area contributed by atoms with Crippen LogP contribution >= 0.6 is 15.9 Å². The van der Waals surface area contributed by atoms with Crippen molar-refractivity contribution in [2.75, 3.05) is 0 Å². The number of hydrogen-bond acceptors (Lipinski definition) is 1. The Labute approximate surface area is 148 Å². The van der Waals surface area contributed by atoms with Crippen LogP contribution in [0.4, 0.5) is 0 Å². The van der Waals surface area contributed by atoms with Gasteiger partial charge in [0.15, 0.2) is 5.78 Å². The fourth-order valence-corrected chi connectivity index (χ4v) is 3.33. The molecule has 0 saturated carbocycles. The predicted molar refractivity (Wildman–Crippen MR) is 103 cm³/mol. The van der Waals surface area contributed by atoms with Crippen molar-refractivity contribution in [3.05, 3.63) is 46.4 Å². The van der Waals surface area contributed by atoms with E-state index in [1.165, 1.54) is 50.3 Å². The summed E-state index contributed by atoms with van der Waals surface area (Å²) >= 11 is 3.48. The Morgan fingerprint density at radius 3 is 2.17 bits per heavy atom. The van der Waals surface area contributed by atoms with Crippen LogP contribution in [0.5, 0.6) is 0 Å². The van der Waals surface area contributed by atoms with Gasteiger partial charge in [-0.15, -0.1) is 0 Å². The molecule has 0 amide bonds. The molecule has 0 bridgehead atoms. The fourth-order valence-electron chi connectivity index (χ4n) is 2.95. The maximum atomic E-state index is 12.3. The Balaban J connectivity index is 1.74. The minimum Gasteiger partial charge on any atom is -0.294 e. The van der Waals surface area contributed by atoms with E-state index < -0.39 is 0 Å². The van der Waals surface area contributed by atoms with E-state index in [0.29, 0.717) is 6.42 Å². The zero-order valence-electron chi connectivity index (χ0n) is 14.1. The van der Waals surface area contributed by atoms with Crippen molar-refractivity contribution in [1.29, 1.82) is 0 Å². The van der Waals surface area contributed by atoms with Crippen LogP contribution in [-0.2, 0) is 0 Å². The summed E-state index contributed by atoms with van der Waals surface area (Å²) in [7, 11) is 0. The summed E-state index contributed by atoms with van der Waals surface area (Å²) < 4.78 is 1.07. The van der Waals surface area contributed by atoms with Crippen LogP contribution in [-0.4, -0.2) is 5.78 Å². The third kappa shape index (κ3) is 6.10. The number of benzene rings is 2. The van der Waals surface area contributed by atoms with E-state index in [4.69, 9.17) is 0 Å². The van der Waals surface area contributed by atoms with E-state index in [0.717, 1.165) is 21.8 Å². The van der Waals surface area contributed by atoms with Crippen LogP contribution in [0.1, 0.15) is 75.1 Å². The van der Waals surface area contributed by atoms with Gasteiger partial charge in [0.25, 0.3) is 0 Å². The van der Waals surface area contributed by atoms with Gasteiger partial charge >= 0.3 is 0 Å². The number of fused-ring (bicyclic) bond motifs is 1. The molecule has 23 heavy (non-hydrogen) atoms. The summed E-state index contributed by atoms with van der Waals surface area (Å²) in [6.45, 7) is 2.25. The quantitative estimate of drug-likeness (QED) is 0.314. The zero-order chi connectivity index (χ0) is 16.5. The highest BCUT2D eigenvalue weighted by molar-refractivity contribution is 9.10. The van der Waals surface area contributed by atoms with E-state index >= 15 is 0 Å². The molecule has 0 aliphatic carbocycles. The molecule has 0 aromatic heterocycles. The van der Waals surface area contributed by atoms with E-state index in [1.807, 2.05) is 24.3 Å². The van der Waals surface area contributed by atoms with Gasteiger partial charge < -0.3 is 0 Å². The van der Waals surface area contributed by atoms with Gasteiger partial charge in [-0.25, -0.2) is 0 Å². The minimum atomic E-state index is 0.279. The van der Waals surface area contributed by atoms with Crippen molar-refractivity contribution in [3.8, 4) is 0 Å². The molecular weight excluding hydrogens is 348 g/mol. The fraction of sp³-hybridized carbons (Fsp3) is 0.476. The Hall–Kier alpha value is -1.15. The third-order valence-corrected chi connectivity index (χ3v) is 4.87. The van der Waals surface area contributed by atoms with Crippen molar-refractivity contribution in [2.24, 2.45) is 0 Å². The van der Waals surface area contributed by atoms with Crippen LogP contribution in [0.15, 0.2) is 40.9 Å². The Bertz CT molecular complexity index is 633. The Morgan fingerprint density at radius 2 is 1.43 bits per heavy atom. The smallest absolute Gasteiger partial charge is 0.162 e. The van der Waals surface area contributed by atoms with Gasteiger partial charge in [0, 0.05) is 16.5 Å². The van der Waals surface area contributed by atoms with Crippen LogP contribution in [0.25, 0.3) is 10.8 Å². The highest BCUT2D eigenvalue weighted by atomic mass is 79.9. The molecule has 0 N–H and O–H groups in total. The second-order valence-electron chi connectivity index (χ2n) is 6.35. The van der Waals surface area contributed by atoms with Crippen molar-refractivity contribution < 1.29 is 4.79 Å². The first kappa shape index (κ1) is 18.2. The standard InChI is InChI=1S/C21H27BrO/c1-2-3-4-5-6-7-8-9-10-21(23)19-12-11-18-16-20(22)14-13-17(18)15-19/h11-16H,2-10H2,1H3. The molecule has 0 aliphatic heterocycles. The molecule has 2 rings (SSSR count). The van der Waals surface area contributed by atoms with Gasteiger partial charge in [-0.2, -0.15) is 0 Å². The van der Waals surface area contributed by atoms with Gasteiger partial charge in [-0.1, -0.05) is 86.0 Å². The Morgan fingerprint density at radius 1 is 0.826 bits per heavy atom. The number of unbranched alkanes of at least 4 members (excludes halogenated alkanes) is 7. The summed E-state index contributed by atoms with van der Waals surface area (Å²) in [6, 6.07) is 12.2. The van der Waals surface area contributed by atoms with Crippen LogP contribution in [0, 0.1) is 0 Å². The molecule has 0 unspecified atom stereocenters. The molecule has 2 aromatic carbocycles. The average Bonchev–Trinajstić information content (AvgIpc) is 2.56. The SMILES string of the molecule is CCCCCCCCCCC(=O)c1ccc2cc(Br)ccc2c1. The molecule has 1 nitrogen and oxygen atoms in total. The maximum Gasteiger partial charge on any atom is 0.162 e. The molecule has 0 aliphatic rings. The van der Waals surface area contributed by atoms with Crippen LogP contribution in [0.2, 0.25) is 0 Å². The summed E-state index contributed by atoms with van der Waals surface area (Å²) in [5.41, 5.74) is 0.850. The molecule has 0 atom stereocenters. The molecule has 124 valence electrons. The first-order valence-corrected chi connectivity index (χ1v) is 9.72. The highest BCUT2D eigenvalue weighted by Gasteiger charge is 2.06. The molecule has 0 heterocycles. The first-order valence-electron chi connectivity index (χ1n) is 8.93. The maximum absolute atomic E-state index is 12.3. The lowest BCUT2D eigenvalue weighted by Gasteiger charge is -2.05. The molecule has 0 radical (unpaired) electrons. The van der Waals surface area contributed by atoms with Gasteiger partial charge in [-0.3, -0.25) is 4.79 Å². The number of halogens is 1. The molecule has 2 heteroatoms. The lowest BCUT2D eigenvalue weighted by atomic mass is 10.0. The summed E-state index contributed by atoms with van der Waals surface area (Å²) in [5.74, 6) is 0.279. The lowest BCUT2D eigenvalue weighted by Crippen LogP contribution is -1.98. The second-order valence-corrected chi connectivity index (χ2v) is 7.27. The van der Waals surface area contributed by atoms with Crippen molar-refractivity contribution in [2.45, 2.75) is 64.7 Å². The molecule has 0 spiro atoms. The van der Waals surface area contributed by atoms with Gasteiger partial charge in [0.05, 0.1) is 0 Å². The lowest BCUT2D eigenvalue weighted by molar-refractivity contribution is 0.0979. The topological polar surface area (TPSA) is 17.1 Å². The zero-order valence-corrected chi connectivity index (χ0v) is 15.7. The summed E-state index contributed by atoms with van der Waals surface area (Å²) in [6.07, 6.45) is 10.8. The normalized spacial score (nSPS) is 11.0. The summed E-state index contributed by atoms with van der Waals surface area (Å²) in [5, 5.41) is 2.30. The van der Waals surface area contributed by atoms with E-state index in [-0.39, 0.29) is 5.78 Å². The average molecular weight is 375 g/mol. The van der Waals surface area contributed by atoms with Crippen LogP contribution < -0.4 is 0 Å². The third-order valence-electron chi connectivity index (χ3n) is 4.38. The molecule has 0 fully saturated rings. The molecule has 0 saturated heterocycles. The Kier molecular flexibility index (Phi) is 7.81. The number of rotatable bonds is 10. The van der Waals surface area contributed by atoms with Crippen molar-refractivity contribution >= 4 is 32.5 Å². The van der Waals surface area contributed by atoms with Crippen molar-refractivity contribution in [1.82, 2.24) is 0 Å². The summed E-state index contributed by atoms with van der Waals surface area (Å²) in [4.78, 5) is 12.3. The predicted octanol–water partition coefficient (Wildman–Crippen LogP) is 7.32. The second kappa shape index (κ2) is 9.87. The molecule has 2 aromatic rings. The van der Waals surface area contributed by atoms with Gasteiger partial charge in [0.2, 0.25) is 0 Å². The van der Waals surface area contributed by atoms with E-state index in [1.54, 1.807) is 0 Å². The van der Waals surface area contributed by atoms with Crippen LogP contribution in [0.3, 0.4) is 0 Å². The number of ketones is 1. The largest absolute Gasteiger partial charge is 0.294 e. The first-order chi connectivity index (χ1) is 11.2. The molecular formula is C21H27BrO. The van der Waals surface area contributed by atoms with E-state index in [9.17, 15) is 4.79 Å². The number of hydrogen-bond donors (Lipinski definition) is 0. The number of carbonyl (C=O) groups is 1. The monoisotopic (exact) mass is 374 g/mol. The minimum absolute atomic E-state index is 0.279. The number of Topliss-reactive ketones (excluding diaryl/α,β-unsaturated/α-hetero) is 1. The van der Waals surface area contributed by atoms with Gasteiger partial charge in [0.1, 0.15) is 0 Å². The van der Waals surface area contributed by atoms with Crippen molar-refractivity contribution in [3.63, 3.8) is 0 Å².